The molecule has 0 amide bonds. The van der Waals surface area contributed by atoms with Gasteiger partial charge in [0.05, 0.1) is 24.2 Å². The van der Waals surface area contributed by atoms with Gasteiger partial charge < -0.3 is 24.5 Å². The van der Waals surface area contributed by atoms with E-state index < -0.39 is 12.0 Å². The third kappa shape index (κ3) is 2.69. The van der Waals surface area contributed by atoms with E-state index in [1.165, 1.54) is 12.1 Å². The fraction of sp³-hybridized carbons (Fsp3) is 0.462. The minimum atomic E-state index is -4.56. The summed E-state index contributed by atoms with van der Waals surface area (Å²) in [5.41, 5.74) is 5.82. The van der Waals surface area contributed by atoms with Gasteiger partial charge in [-0.25, -0.2) is 4.98 Å². The molecule has 0 aliphatic carbocycles. The molecule has 1 aliphatic rings. The lowest BCUT2D eigenvalue weighted by molar-refractivity contribution is -0.147. The Bertz CT molecular complexity index is 684. The fourth-order valence-electron chi connectivity index (χ4n) is 2.30. The van der Waals surface area contributed by atoms with Crippen LogP contribution in [0.25, 0.3) is 11.0 Å². The molecular weight excluding hydrogens is 303 g/mol. The van der Waals surface area contributed by atoms with Crippen LogP contribution in [-0.4, -0.2) is 36.1 Å². The van der Waals surface area contributed by atoms with Gasteiger partial charge in [0.15, 0.2) is 11.5 Å². The van der Waals surface area contributed by atoms with Gasteiger partial charge in [0, 0.05) is 25.2 Å². The van der Waals surface area contributed by atoms with Crippen LogP contribution in [0.15, 0.2) is 12.1 Å². The Morgan fingerprint density at radius 3 is 2.64 bits per heavy atom. The van der Waals surface area contributed by atoms with Crippen molar-refractivity contribution in [2.75, 3.05) is 26.6 Å². The van der Waals surface area contributed by atoms with Crippen LogP contribution in [0.3, 0.4) is 0 Å². The fourth-order valence-corrected chi connectivity index (χ4v) is 2.30. The van der Waals surface area contributed by atoms with E-state index in [0.717, 1.165) is 4.57 Å². The maximum absolute atomic E-state index is 13.2. The Labute approximate surface area is 123 Å². The number of rotatable bonds is 5. The highest BCUT2D eigenvalue weighted by Gasteiger charge is 2.38. The maximum atomic E-state index is 13.2. The van der Waals surface area contributed by atoms with E-state index >= 15 is 0 Å². The van der Waals surface area contributed by atoms with Crippen LogP contribution in [-0.2, 0) is 17.5 Å². The van der Waals surface area contributed by atoms with Crippen LogP contribution in [0, 0.1) is 0 Å². The summed E-state index contributed by atoms with van der Waals surface area (Å²) in [7, 11) is 0. The molecule has 0 bridgehead atoms. The summed E-state index contributed by atoms with van der Waals surface area (Å²) in [6.45, 7) is 0.786. The number of nitrogens with two attached hydrogens (primary N) is 1. The highest BCUT2D eigenvalue weighted by molar-refractivity contribution is 5.81. The number of hydrogen-bond donors (Lipinski definition) is 1. The highest BCUT2D eigenvalue weighted by atomic mass is 19.4. The molecule has 0 saturated carbocycles. The topological polar surface area (TPSA) is 71.5 Å². The number of fused-ring (bicyclic) bond motifs is 2. The summed E-state index contributed by atoms with van der Waals surface area (Å²) in [6.07, 6.45) is -4.56. The molecule has 0 spiro atoms. The summed E-state index contributed by atoms with van der Waals surface area (Å²) < 4.78 is 56.1. The maximum Gasteiger partial charge on any atom is 0.449 e. The second-order valence-electron chi connectivity index (χ2n) is 4.68. The number of halogens is 3. The molecule has 0 fully saturated rings. The first-order valence-electron chi connectivity index (χ1n) is 6.65. The van der Waals surface area contributed by atoms with Gasteiger partial charge in [-0.05, 0) is 0 Å². The molecule has 2 heterocycles. The molecule has 120 valence electrons. The molecule has 1 aliphatic heterocycles. The normalized spacial score (nSPS) is 14.0. The first-order chi connectivity index (χ1) is 10.5. The van der Waals surface area contributed by atoms with Crippen molar-refractivity contribution in [3.8, 4) is 11.5 Å². The predicted octanol–water partition coefficient (Wildman–Crippen LogP) is 1.76. The molecule has 0 unspecified atom stereocenters. The van der Waals surface area contributed by atoms with Gasteiger partial charge in [-0.15, -0.1) is 0 Å². The van der Waals surface area contributed by atoms with Gasteiger partial charge in [0.25, 0.3) is 0 Å². The van der Waals surface area contributed by atoms with E-state index in [0.29, 0.717) is 30.2 Å². The van der Waals surface area contributed by atoms with Crippen molar-refractivity contribution in [2.24, 2.45) is 5.73 Å². The minimum absolute atomic E-state index is 0.0188. The van der Waals surface area contributed by atoms with E-state index in [9.17, 15) is 13.2 Å². The smallest absolute Gasteiger partial charge is 0.449 e. The van der Waals surface area contributed by atoms with Gasteiger partial charge in [-0.2, -0.15) is 13.2 Å². The number of nitrogens with zero attached hydrogens (tertiary/aromatic N) is 2. The average Bonchev–Trinajstić information content (AvgIpc) is 3.04. The summed E-state index contributed by atoms with van der Waals surface area (Å²) >= 11 is 0. The van der Waals surface area contributed by atoms with E-state index in [4.69, 9.17) is 19.9 Å². The SMILES string of the molecule is NCCOCCn1c(C(F)(F)F)nc2cc3c(cc21)OCO3. The molecule has 0 radical (unpaired) electrons. The average molecular weight is 317 g/mol. The molecule has 6 nitrogen and oxygen atoms in total. The van der Waals surface area contributed by atoms with Crippen LogP contribution in [0.5, 0.6) is 11.5 Å². The van der Waals surface area contributed by atoms with Crippen LogP contribution < -0.4 is 15.2 Å². The molecule has 2 aromatic rings. The van der Waals surface area contributed by atoms with E-state index in [1.807, 2.05) is 0 Å². The molecule has 22 heavy (non-hydrogen) atoms. The first kappa shape index (κ1) is 14.9. The van der Waals surface area contributed by atoms with E-state index in [1.54, 1.807) is 0 Å². The van der Waals surface area contributed by atoms with Crippen molar-refractivity contribution in [3.63, 3.8) is 0 Å². The number of aromatic nitrogens is 2. The van der Waals surface area contributed by atoms with Crippen molar-refractivity contribution < 1.29 is 27.4 Å². The van der Waals surface area contributed by atoms with E-state index in [2.05, 4.69) is 4.98 Å². The number of imidazole rings is 1. The summed E-state index contributed by atoms with van der Waals surface area (Å²) in [4.78, 5) is 3.68. The summed E-state index contributed by atoms with van der Waals surface area (Å²) in [5, 5.41) is 0. The molecular formula is C13H14F3N3O3. The van der Waals surface area contributed by atoms with Gasteiger partial charge in [-0.3, -0.25) is 0 Å². The van der Waals surface area contributed by atoms with Crippen LogP contribution in [0.4, 0.5) is 13.2 Å². The lowest BCUT2D eigenvalue weighted by Gasteiger charge is -2.11. The minimum Gasteiger partial charge on any atom is -0.454 e. The first-order valence-corrected chi connectivity index (χ1v) is 6.65. The number of alkyl halides is 3. The molecule has 3 rings (SSSR count). The van der Waals surface area contributed by atoms with Gasteiger partial charge in [-0.1, -0.05) is 0 Å². The van der Waals surface area contributed by atoms with Crippen molar-refractivity contribution >= 4 is 11.0 Å². The predicted molar refractivity (Wildman–Crippen MR) is 70.7 cm³/mol. The van der Waals surface area contributed by atoms with E-state index in [-0.39, 0.29) is 25.5 Å². The molecule has 0 saturated heterocycles. The van der Waals surface area contributed by atoms with Crippen LogP contribution in [0.1, 0.15) is 5.82 Å². The summed E-state index contributed by atoms with van der Waals surface area (Å²) in [5.74, 6) is -0.168. The molecule has 2 N–H and O–H groups in total. The lowest BCUT2D eigenvalue weighted by Crippen LogP contribution is -2.18. The van der Waals surface area contributed by atoms with Gasteiger partial charge >= 0.3 is 6.18 Å². The Balaban J connectivity index is 2.01. The number of benzene rings is 1. The van der Waals surface area contributed by atoms with Crippen molar-refractivity contribution in [1.29, 1.82) is 0 Å². The number of ether oxygens (including phenoxy) is 3. The Morgan fingerprint density at radius 2 is 1.95 bits per heavy atom. The zero-order valence-electron chi connectivity index (χ0n) is 11.5. The zero-order chi connectivity index (χ0) is 15.7. The highest BCUT2D eigenvalue weighted by Crippen LogP contribution is 2.38. The molecule has 1 aromatic heterocycles. The molecule has 1 aromatic carbocycles. The second-order valence-corrected chi connectivity index (χ2v) is 4.68. The zero-order valence-corrected chi connectivity index (χ0v) is 11.5. The standard InChI is InChI=1S/C13H14F3N3O3/c14-13(15,16)12-18-8-5-10-11(22-7-21-10)6-9(8)19(12)2-4-20-3-1-17/h5-6H,1-4,7,17H2. The third-order valence-electron chi connectivity index (χ3n) is 3.22. The van der Waals surface area contributed by atoms with Crippen molar-refractivity contribution in [2.45, 2.75) is 12.7 Å². The Kier molecular flexibility index (Phi) is 3.83. The van der Waals surface area contributed by atoms with Crippen LogP contribution in [0.2, 0.25) is 0 Å². The molecule has 0 atom stereocenters. The Hall–Kier alpha value is -2.00. The third-order valence-corrected chi connectivity index (χ3v) is 3.22. The Morgan fingerprint density at radius 1 is 1.23 bits per heavy atom. The van der Waals surface area contributed by atoms with Crippen LogP contribution >= 0.6 is 0 Å². The lowest BCUT2D eigenvalue weighted by atomic mass is 10.2. The molecule has 9 heteroatoms. The van der Waals surface area contributed by atoms with Crippen molar-refractivity contribution in [1.82, 2.24) is 9.55 Å². The summed E-state index contributed by atoms with van der Waals surface area (Å²) in [6, 6.07) is 2.95. The van der Waals surface area contributed by atoms with Crippen molar-refractivity contribution in [3.05, 3.63) is 18.0 Å². The largest absolute Gasteiger partial charge is 0.454 e. The quantitative estimate of drug-likeness (QED) is 0.851. The van der Waals surface area contributed by atoms with Gasteiger partial charge in [0.2, 0.25) is 12.6 Å². The monoisotopic (exact) mass is 317 g/mol. The number of hydrogen-bond acceptors (Lipinski definition) is 5. The van der Waals surface area contributed by atoms with Gasteiger partial charge in [0.1, 0.15) is 0 Å². The second kappa shape index (κ2) is 5.65.